The summed E-state index contributed by atoms with van der Waals surface area (Å²) in [5.41, 5.74) is 7.58. The Morgan fingerprint density at radius 2 is 2.33 bits per heavy atom. The molecule has 0 saturated heterocycles. The molecule has 1 heterocycles. The van der Waals surface area contributed by atoms with Crippen LogP contribution in [0.3, 0.4) is 0 Å². The molecule has 12 heavy (non-hydrogen) atoms. The number of nitrogen functional groups attached to an aromatic ring is 1. The zero-order valence-electron chi connectivity index (χ0n) is 6.66. The molecular weight excluding hydrogens is 170 g/mol. The average Bonchev–Trinajstić information content (AvgIpc) is 2.44. The van der Waals surface area contributed by atoms with Gasteiger partial charge in [0.2, 0.25) is 0 Å². The van der Waals surface area contributed by atoms with Gasteiger partial charge in [0, 0.05) is 7.05 Å². The number of thiazole rings is 1. The summed E-state index contributed by atoms with van der Waals surface area (Å²) in [7, 11) is 1.88. The minimum absolute atomic E-state index is 0.618. The van der Waals surface area contributed by atoms with Gasteiger partial charge in [0.25, 0.3) is 0 Å². The molecule has 3 nitrogen and oxygen atoms in total. The van der Waals surface area contributed by atoms with E-state index in [1.807, 2.05) is 25.2 Å². The molecule has 2 rings (SSSR count). The van der Waals surface area contributed by atoms with Crippen LogP contribution in [0.25, 0.3) is 10.2 Å². The Kier molecular flexibility index (Phi) is 1.62. The quantitative estimate of drug-likeness (QED) is 0.703. The Bertz CT molecular complexity index is 408. The predicted octanol–water partition coefficient (Wildman–Crippen LogP) is 1.92. The zero-order valence-corrected chi connectivity index (χ0v) is 7.48. The van der Waals surface area contributed by atoms with Gasteiger partial charge >= 0.3 is 0 Å². The van der Waals surface area contributed by atoms with Crippen LogP contribution in [-0.2, 0) is 0 Å². The van der Waals surface area contributed by atoms with Crippen LogP contribution in [0.5, 0.6) is 0 Å². The van der Waals surface area contributed by atoms with Gasteiger partial charge in [0.1, 0.15) is 5.52 Å². The van der Waals surface area contributed by atoms with Crippen LogP contribution >= 0.6 is 11.3 Å². The second-order valence-corrected chi connectivity index (χ2v) is 3.52. The minimum Gasteiger partial charge on any atom is -0.386 e. The van der Waals surface area contributed by atoms with Gasteiger partial charge in [-0.1, -0.05) is 17.4 Å². The molecule has 1 aromatic heterocycles. The molecule has 0 aliphatic rings. The Labute approximate surface area is 74.2 Å². The summed E-state index contributed by atoms with van der Waals surface area (Å²) < 4.78 is 1.12. The summed E-state index contributed by atoms with van der Waals surface area (Å²) in [5, 5.41) is 3.69. The molecule has 4 heteroatoms. The maximum absolute atomic E-state index is 5.59. The highest BCUT2D eigenvalue weighted by Gasteiger charge is 2.03. The number of benzene rings is 1. The van der Waals surface area contributed by atoms with Crippen LogP contribution in [0.2, 0.25) is 0 Å². The molecule has 62 valence electrons. The van der Waals surface area contributed by atoms with Crippen molar-refractivity contribution in [2.24, 2.45) is 0 Å². The standard InChI is InChI=1S/C8H9N3S/c1-10-5-3-2-4-6-7(5)11-8(9)12-6/h2-4,10H,1H3,(H2,9,11). The third kappa shape index (κ3) is 1.00. The zero-order chi connectivity index (χ0) is 8.55. The fourth-order valence-electron chi connectivity index (χ4n) is 1.17. The third-order valence-corrected chi connectivity index (χ3v) is 2.55. The summed E-state index contributed by atoms with van der Waals surface area (Å²) in [4.78, 5) is 4.22. The van der Waals surface area contributed by atoms with Crippen molar-refractivity contribution in [3.05, 3.63) is 18.2 Å². The lowest BCUT2D eigenvalue weighted by molar-refractivity contribution is 1.46. The topological polar surface area (TPSA) is 50.9 Å². The van der Waals surface area contributed by atoms with E-state index in [1.165, 1.54) is 11.3 Å². The van der Waals surface area contributed by atoms with Crippen molar-refractivity contribution in [3.8, 4) is 0 Å². The van der Waals surface area contributed by atoms with Crippen LogP contribution in [-0.4, -0.2) is 12.0 Å². The first-order valence-electron chi connectivity index (χ1n) is 3.64. The molecule has 2 aromatic rings. The van der Waals surface area contributed by atoms with Gasteiger partial charge in [-0.25, -0.2) is 4.98 Å². The SMILES string of the molecule is CNc1cccc2sc(N)nc12. The van der Waals surface area contributed by atoms with Gasteiger partial charge in [-0.15, -0.1) is 0 Å². The van der Waals surface area contributed by atoms with E-state index < -0.39 is 0 Å². The Hall–Kier alpha value is -1.29. The molecule has 0 atom stereocenters. The van der Waals surface area contributed by atoms with Gasteiger partial charge in [-0.3, -0.25) is 0 Å². The normalized spacial score (nSPS) is 10.4. The third-order valence-electron chi connectivity index (χ3n) is 1.70. The van der Waals surface area contributed by atoms with Crippen molar-refractivity contribution >= 4 is 32.4 Å². The van der Waals surface area contributed by atoms with Gasteiger partial charge in [0.05, 0.1) is 10.4 Å². The van der Waals surface area contributed by atoms with Crippen LogP contribution < -0.4 is 11.1 Å². The first-order chi connectivity index (χ1) is 5.81. The summed E-state index contributed by atoms with van der Waals surface area (Å²) in [6, 6.07) is 6.00. The lowest BCUT2D eigenvalue weighted by Crippen LogP contribution is -1.88. The number of fused-ring (bicyclic) bond motifs is 1. The van der Waals surface area contributed by atoms with Gasteiger partial charge < -0.3 is 11.1 Å². The van der Waals surface area contributed by atoms with Gasteiger partial charge in [-0.2, -0.15) is 0 Å². The number of nitrogens with zero attached hydrogens (tertiary/aromatic N) is 1. The molecule has 0 aliphatic heterocycles. The Morgan fingerprint density at radius 1 is 1.50 bits per heavy atom. The molecular formula is C8H9N3S. The second kappa shape index (κ2) is 2.64. The average molecular weight is 179 g/mol. The minimum atomic E-state index is 0.618. The predicted molar refractivity (Wildman–Crippen MR) is 53.6 cm³/mol. The van der Waals surface area contributed by atoms with Crippen LogP contribution in [0.1, 0.15) is 0 Å². The molecule has 0 spiro atoms. The number of aromatic nitrogens is 1. The van der Waals surface area contributed by atoms with Crippen LogP contribution in [0.15, 0.2) is 18.2 Å². The summed E-state index contributed by atoms with van der Waals surface area (Å²) in [6.07, 6.45) is 0. The number of anilines is 2. The van der Waals surface area contributed by atoms with E-state index in [9.17, 15) is 0 Å². The van der Waals surface area contributed by atoms with E-state index in [4.69, 9.17) is 5.73 Å². The maximum atomic E-state index is 5.59. The van der Waals surface area contributed by atoms with Gasteiger partial charge in [-0.05, 0) is 12.1 Å². The largest absolute Gasteiger partial charge is 0.386 e. The number of hydrogen-bond donors (Lipinski definition) is 2. The van der Waals surface area contributed by atoms with E-state index in [-0.39, 0.29) is 0 Å². The number of rotatable bonds is 1. The number of nitrogens with one attached hydrogen (secondary N) is 1. The maximum Gasteiger partial charge on any atom is 0.181 e. The Morgan fingerprint density at radius 3 is 3.08 bits per heavy atom. The van der Waals surface area contributed by atoms with Crippen molar-refractivity contribution < 1.29 is 0 Å². The molecule has 1 aromatic carbocycles. The van der Waals surface area contributed by atoms with E-state index in [0.717, 1.165) is 15.9 Å². The van der Waals surface area contributed by atoms with E-state index in [2.05, 4.69) is 10.3 Å². The Balaban J connectivity index is 2.78. The van der Waals surface area contributed by atoms with Crippen molar-refractivity contribution in [2.75, 3.05) is 18.1 Å². The smallest absolute Gasteiger partial charge is 0.181 e. The molecule has 3 N–H and O–H groups in total. The van der Waals surface area contributed by atoms with Crippen molar-refractivity contribution in [2.45, 2.75) is 0 Å². The van der Waals surface area contributed by atoms with Crippen molar-refractivity contribution in [1.29, 1.82) is 0 Å². The van der Waals surface area contributed by atoms with Crippen molar-refractivity contribution in [1.82, 2.24) is 4.98 Å². The lowest BCUT2D eigenvalue weighted by atomic mass is 10.3. The van der Waals surface area contributed by atoms with E-state index >= 15 is 0 Å². The number of para-hydroxylation sites is 1. The van der Waals surface area contributed by atoms with E-state index in [1.54, 1.807) is 0 Å². The van der Waals surface area contributed by atoms with Crippen LogP contribution in [0, 0.1) is 0 Å². The highest BCUT2D eigenvalue weighted by atomic mass is 32.1. The molecule has 0 radical (unpaired) electrons. The molecule has 0 aliphatic carbocycles. The highest BCUT2D eigenvalue weighted by Crippen LogP contribution is 2.28. The fourth-order valence-corrected chi connectivity index (χ4v) is 1.93. The molecule has 0 amide bonds. The monoisotopic (exact) mass is 179 g/mol. The fraction of sp³-hybridized carbons (Fsp3) is 0.125. The number of nitrogens with two attached hydrogens (primary N) is 1. The lowest BCUT2D eigenvalue weighted by Gasteiger charge is -1.98. The first-order valence-corrected chi connectivity index (χ1v) is 4.45. The number of hydrogen-bond acceptors (Lipinski definition) is 4. The molecule has 0 fully saturated rings. The summed E-state index contributed by atoms with van der Waals surface area (Å²) >= 11 is 1.51. The highest BCUT2D eigenvalue weighted by molar-refractivity contribution is 7.22. The van der Waals surface area contributed by atoms with Crippen LogP contribution in [0.4, 0.5) is 10.8 Å². The molecule has 0 saturated carbocycles. The summed E-state index contributed by atoms with van der Waals surface area (Å²) in [5.74, 6) is 0. The van der Waals surface area contributed by atoms with Gasteiger partial charge in [0.15, 0.2) is 5.13 Å². The molecule has 0 unspecified atom stereocenters. The summed E-state index contributed by atoms with van der Waals surface area (Å²) in [6.45, 7) is 0. The van der Waals surface area contributed by atoms with E-state index in [0.29, 0.717) is 5.13 Å². The molecule has 0 bridgehead atoms. The van der Waals surface area contributed by atoms with Crippen molar-refractivity contribution in [3.63, 3.8) is 0 Å². The second-order valence-electron chi connectivity index (χ2n) is 2.45. The first kappa shape index (κ1) is 7.36.